The first-order chi connectivity index (χ1) is 9.24. The maximum Gasteiger partial charge on any atom is 2.00 e. The number of nitrogens with zero attached hydrogens (tertiary/aromatic N) is 1. The molecule has 2 fully saturated rings. The Kier molecular flexibility index (Phi) is 17.7. The third kappa shape index (κ3) is 11.8. The van der Waals surface area contributed by atoms with Crippen LogP contribution in [0.2, 0.25) is 0 Å². The first kappa shape index (κ1) is 23.9. The topological polar surface area (TPSA) is 52.5 Å². The predicted octanol–water partition coefficient (Wildman–Crippen LogP) is -1.60. The van der Waals surface area contributed by atoms with Gasteiger partial charge in [-0.15, -0.1) is 0 Å². The molecule has 0 N–H and O–H groups in total. The molecule has 2 aliphatic rings. The Morgan fingerprint density at radius 1 is 1.14 bits per heavy atom. The van der Waals surface area contributed by atoms with Gasteiger partial charge in [0.2, 0.25) is 0 Å². The van der Waals surface area contributed by atoms with E-state index in [-0.39, 0.29) is 46.6 Å². The molecule has 0 bridgehead atoms. The molecular formula is C16H18FeNNaO2+2. The van der Waals surface area contributed by atoms with Crippen LogP contribution in [0.5, 0.6) is 0 Å². The Morgan fingerprint density at radius 2 is 1.62 bits per heavy atom. The number of rotatable bonds is 5. The van der Waals surface area contributed by atoms with Gasteiger partial charge in [-0.25, -0.2) is 0 Å². The number of hydrogen-bond donors (Lipinski definition) is 0. The molecule has 0 aromatic carbocycles. The van der Waals surface area contributed by atoms with Crippen LogP contribution < -0.4 is 34.7 Å². The van der Waals surface area contributed by atoms with Crippen molar-refractivity contribution in [3.63, 3.8) is 0 Å². The SMILES string of the molecule is CCC[C@H](N=C[C]1[CH][CH][CH][CH]1)C(=O)[O-].[CH]1[CH][CH][CH][CH]1.[Fe+2].[Na+]. The molecule has 106 valence electrons. The molecule has 0 unspecified atom stereocenters. The third-order valence-corrected chi connectivity index (χ3v) is 2.48. The van der Waals surface area contributed by atoms with E-state index in [1.54, 1.807) is 6.21 Å². The predicted molar refractivity (Wildman–Crippen MR) is 74.1 cm³/mol. The molecule has 0 aliphatic heterocycles. The van der Waals surface area contributed by atoms with Gasteiger partial charge >= 0.3 is 46.6 Å². The van der Waals surface area contributed by atoms with Gasteiger partial charge in [0, 0.05) is 12.1 Å². The van der Waals surface area contributed by atoms with Gasteiger partial charge in [0.05, 0.1) is 12.0 Å². The molecule has 0 aromatic heterocycles. The molecule has 0 saturated heterocycles. The van der Waals surface area contributed by atoms with Crippen LogP contribution in [-0.4, -0.2) is 18.2 Å². The van der Waals surface area contributed by atoms with Crippen LogP contribution in [0.25, 0.3) is 0 Å². The van der Waals surface area contributed by atoms with Gasteiger partial charge in [0.15, 0.2) is 0 Å². The monoisotopic (exact) mass is 335 g/mol. The summed E-state index contributed by atoms with van der Waals surface area (Å²) in [5, 5.41) is 10.6. The zero-order valence-corrected chi connectivity index (χ0v) is 15.5. The summed E-state index contributed by atoms with van der Waals surface area (Å²) < 4.78 is 0. The molecular weight excluding hydrogens is 317 g/mol. The molecule has 0 aromatic rings. The van der Waals surface area contributed by atoms with E-state index in [1.807, 2.05) is 64.7 Å². The van der Waals surface area contributed by atoms with E-state index >= 15 is 0 Å². The molecule has 21 heavy (non-hydrogen) atoms. The van der Waals surface area contributed by atoms with E-state index in [0.29, 0.717) is 6.42 Å². The summed E-state index contributed by atoms with van der Waals surface area (Å²) in [5.41, 5.74) is 0. The number of carbonyl (C=O) groups is 1. The summed E-state index contributed by atoms with van der Waals surface area (Å²) in [6.45, 7) is 1.92. The molecule has 0 spiro atoms. The molecule has 2 saturated carbocycles. The van der Waals surface area contributed by atoms with Crippen molar-refractivity contribution in [1.82, 2.24) is 0 Å². The number of carboxylic acids is 1. The second kappa shape index (κ2) is 15.6. The van der Waals surface area contributed by atoms with Crippen molar-refractivity contribution in [1.29, 1.82) is 0 Å². The second-order valence-corrected chi connectivity index (χ2v) is 4.08. The average Bonchev–Trinajstić information content (AvgIpc) is 3.08. The van der Waals surface area contributed by atoms with Gasteiger partial charge in [-0.05, 0) is 64.2 Å². The fourth-order valence-corrected chi connectivity index (χ4v) is 1.50. The number of carboxylic acid groups (broad SMARTS) is 1. The molecule has 0 amide bonds. The van der Waals surface area contributed by atoms with Crippen LogP contribution in [-0.2, 0) is 21.9 Å². The standard InChI is InChI=1S/C11H14NO2.C5H5.Fe.Na/c1-2-5-10(11(13)14)12-8-9-6-3-4-7-9;1-2-4-5-3-1;;/h3-4,6-8,10H,2,5H2,1H3,(H,13,14);1-5H;;/q;;+2;+1/p-1/t10-;;;/m0.../s1. The van der Waals surface area contributed by atoms with Crippen molar-refractivity contribution in [3.8, 4) is 0 Å². The van der Waals surface area contributed by atoms with Crippen LogP contribution in [0.1, 0.15) is 19.8 Å². The van der Waals surface area contributed by atoms with Crippen molar-refractivity contribution < 1.29 is 56.5 Å². The average molecular weight is 335 g/mol. The first-order valence-corrected chi connectivity index (χ1v) is 6.36. The van der Waals surface area contributed by atoms with Gasteiger partial charge in [0.25, 0.3) is 0 Å². The van der Waals surface area contributed by atoms with Crippen molar-refractivity contribution in [3.05, 3.63) is 63.7 Å². The van der Waals surface area contributed by atoms with Crippen LogP contribution in [0.15, 0.2) is 4.99 Å². The fraction of sp³-hybridized carbons (Fsp3) is 0.250. The Hall–Kier alpha value is 0.659. The molecule has 5 heteroatoms. The minimum absolute atomic E-state index is 0. The summed E-state index contributed by atoms with van der Waals surface area (Å²) in [4.78, 5) is 14.6. The Morgan fingerprint density at radius 3 is 2.00 bits per heavy atom. The normalized spacial score (nSPS) is 19.3. The van der Waals surface area contributed by atoms with Crippen molar-refractivity contribution in [2.24, 2.45) is 4.99 Å². The maximum atomic E-state index is 10.6. The summed E-state index contributed by atoms with van der Waals surface area (Å²) >= 11 is 0. The molecule has 1 atom stereocenters. The first-order valence-electron chi connectivity index (χ1n) is 6.36. The minimum atomic E-state index is -1.10. The van der Waals surface area contributed by atoms with Gasteiger partial charge in [-0.3, -0.25) is 4.99 Å². The number of hydrogen-bond acceptors (Lipinski definition) is 3. The zero-order valence-electron chi connectivity index (χ0n) is 12.4. The van der Waals surface area contributed by atoms with E-state index in [1.165, 1.54) is 0 Å². The Labute approximate surface area is 162 Å². The minimum Gasteiger partial charge on any atom is -0.548 e. The Bertz CT molecular complexity index is 270. The molecule has 0 heterocycles. The number of carbonyl (C=O) groups excluding carboxylic acids is 1. The zero-order chi connectivity index (χ0) is 13.9. The number of aliphatic carboxylic acids is 1. The summed E-state index contributed by atoms with van der Waals surface area (Å²) in [6, 6.07) is -0.713. The van der Waals surface area contributed by atoms with Crippen LogP contribution in [0, 0.1) is 63.7 Å². The van der Waals surface area contributed by atoms with E-state index < -0.39 is 12.0 Å². The van der Waals surface area contributed by atoms with Crippen molar-refractivity contribution in [2.75, 3.05) is 0 Å². The van der Waals surface area contributed by atoms with Crippen LogP contribution in [0.3, 0.4) is 0 Å². The summed E-state index contributed by atoms with van der Waals surface area (Å²) in [6.07, 6.45) is 20.4. The van der Waals surface area contributed by atoms with Gasteiger partial charge in [0.1, 0.15) is 0 Å². The maximum absolute atomic E-state index is 10.6. The van der Waals surface area contributed by atoms with E-state index in [9.17, 15) is 9.90 Å². The second-order valence-electron chi connectivity index (χ2n) is 4.08. The fourth-order valence-electron chi connectivity index (χ4n) is 1.50. The molecule has 2 rings (SSSR count). The quantitative estimate of drug-likeness (QED) is 0.449. The van der Waals surface area contributed by atoms with E-state index in [4.69, 9.17) is 0 Å². The van der Waals surface area contributed by atoms with Gasteiger partial charge in [-0.1, -0.05) is 13.3 Å². The van der Waals surface area contributed by atoms with Crippen molar-refractivity contribution >= 4 is 12.2 Å². The van der Waals surface area contributed by atoms with Crippen LogP contribution in [0.4, 0.5) is 0 Å². The summed E-state index contributed by atoms with van der Waals surface area (Å²) in [5.74, 6) is -0.179. The Balaban J connectivity index is 0. The van der Waals surface area contributed by atoms with Gasteiger partial charge < -0.3 is 9.90 Å². The van der Waals surface area contributed by atoms with Gasteiger partial charge in [-0.2, -0.15) is 0 Å². The van der Waals surface area contributed by atoms with Crippen molar-refractivity contribution in [2.45, 2.75) is 25.8 Å². The largest absolute Gasteiger partial charge is 2.00 e. The third-order valence-electron chi connectivity index (χ3n) is 2.48. The summed E-state index contributed by atoms with van der Waals surface area (Å²) in [7, 11) is 0. The van der Waals surface area contributed by atoms with E-state index in [2.05, 4.69) is 4.99 Å². The smallest absolute Gasteiger partial charge is 0.548 e. The number of aliphatic imine (C=N–C) groups is 1. The molecule has 3 nitrogen and oxygen atoms in total. The van der Waals surface area contributed by atoms with E-state index in [0.717, 1.165) is 12.3 Å². The molecule has 10 radical (unpaired) electrons. The van der Waals surface area contributed by atoms with Crippen LogP contribution >= 0.6 is 0 Å². The molecule has 2 aliphatic carbocycles.